The lowest BCUT2D eigenvalue weighted by atomic mass is 10.1. The van der Waals surface area contributed by atoms with E-state index in [4.69, 9.17) is 9.47 Å². The van der Waals surface area contributed by atoms with Crippen molar-refractivity contribution in [3.8, 4) is 22.8 Å². The SMILES string of the molecule is COc1ccc(OC)c(-c2csc(NC(=O)c3ccc(F)cc3F)n2)c1. The van der Waals surface area contributed by atoms with Crippen molar-refractivity contribution in [1.82, 2.24) is 4.98 Å². The summed E-state index contributed by atoms with van der Waals surface area (Å²) in [6.45, 7) is 0. The van der Waals surface area contributed by atoms with Crippen molar-refractivity contribution in [2.24, 2.45) is 0 Å². The highest BCUT2D eigenvalue weighted by atomic mass is 32.1. The Balaban J connectivity index is 1.85. The Bertz CT molecular complexity index is 959. The monoisotopic (exact) mass is 376 g/mol. The molecular formula is C18H14F2N2O3S. The zero-order valence-corrected chi connectivity index (χ0v) is 14.7. The Hall–Kier alpha value is -3.00. The number of ether oxygens (including phenoxy) is 2. The highest BCUT2D eigenvalue weighted by molar-refractivity contribution is 7.14. The third-order valence-corrected chi connectivity index (χ3v) is 4.34. The zero-order valence-electron chi connectivity index (χ0n) is 13.9. The molecule has 1 amide bonds. The maximum Gasteiger partial charge on any atom is 0.260 e. The number of nitrogens with one attached hydrogen (secondary N) is 1. The maximum atomic E-state index is 13.7. The van der Waals surface area contributed by atoms with Gasteiger partial charge in [-0.3, -0.25) is 10.1 Å². The zero-order chi connectivity index (χ0) is 18.7. The van der Waals surface area contributed by atoms with Crippen molar-refractivity contribution in [1.29, 1.82) is 0 Å². The number of halogens is 2. The van der Waals surface area contributed by atoms with Crippen LogP contribution in [0.4, 0.5) is 13.9 Å². The third kappa shape index (κ3) is 3.65. The number of hydrogen-bond acceptors (Lipinski definition) is 5. The number of methoxy groups -OCH3 is 2. The van der Waals surface area contributed by atoms with Gasteiger partial charge in [0, 0.05) is 17.0 Å². The number of anilines is 1. The van der Waals surface area contributed by atoms with Gasteiger partial charge in [-0.1, -0.05) is 0 Å². The smallest absolute Gasteiger partial charge is 0.260 e. The summed E-state index contributed by atoms with van der Waals surface area (Å²) in [7, 11) is 3.09. The molecule has 0 saturated carbocycles. The minimum atomic E-state index is -0.936. The maximum absolute atomic E-state index is 13.7. The molecule has 3 aromatic rings. The van der Waals surface area contributed by atoms with Crippen LogP contribution in [0.5, 0.6) is 11.5 Å². The van der Waals surface area contributed by atoms with Crippen molar-refractivity contribution in [2.75, 3.05) is 19.5 Å². The molecular weight excluding hydrogens is 362 g/mol. The quantitative estimate of drug-likeness (QED) is 0.719. The van der Waals surface area contributed by atoms with Crippen molar-refractivity contribution < 1.29 is 23.0 Å². The number of carbonyl (C=O) groups is 1. The normalized spacial score (nSPS) is 10.5. The second kappa shape index (κ2) is 7.49. The van der Waals surface area contributed by atoms with Crippen LogP contribution in [-0.4, -0.2) is 25.1 Å². The number of nitrogens with zero attached hydrogens (tertiary/aromatic N) is 1. The van der Waals surface area contributed by atoms with Crippen molar-refractivity contribution in [3.63, 3.8) is 0 Å². The molecule has 0 aliphatic rings. The number of carbonyl (C=O) groups excluding carboxylic acids is 1. The van der Waals surface area contributed by atoms with Crippen LogP contribution in [0.15, 0.2) is 41.8 Å². The molecule has 8 heteroatoms. The highest BCUT2D eigenvalue weighted by Crippen LogP contribution is 2.35. The van der Waals surface area contributed by atoms with E-state index in [1.807, 2.05) is 0 Å². The fourth-order valence-corrected chi connectivity index (χ4v) is 3.01. The van der Waals surface area contributed by atoms with Crippen LogP contribution in [-0.2, 0) is 0 Å². The lowest BCUT2D eigenvalue weighted by Gasteiger charge is -2.08. The van der Waals surface area contributed by atoms with Crippen LogP contribution in [0.25, 0.3) is 11.3 Å². The Morgan fingerprint density at radius 2 is 1.92 bits per heavy atom. The summed E-state index contributed by atoms with van der Waals surface area (Å²) in [5, 5.41) is 4.52. The minimum Gasteiger partial charge on any atom is -0.497 e. The van der Waals surface area contributed by atoms with E-state index in [2.05, 4.69) is 10.3 Å². The molecule has 0 atom stereocenters. The molecule has 0 unspecified atom stereocenters. The molecule has 1 heterocycles. The van der Waals surface area contributed by atoms with Gasteiger partial charge in [-0.25, -0.2) is 13.8 Å². The van der Waals surface area contributed by atoms with Crippen LogP contribution in [0, 0.1) is 11.6 Å². The highest BCUT2D eigenvalue weighted by Gasteiger charge is 2.16. The summed E-state index contributed by atoms with van der Waals surface area (Å²) in [6.07, 6.45) is 0. The third-order valence-electron chi connectivity index (χ3n) is 3.58. The first-order valence-corrected chi connectivity index (χ1v) is 8.34. The van der Waals surface area contributed by atoms with Gasteiger partial charge >= 0.3 is 0 Å². The van der Waals surface area contributed by atoms with Crippen molar-refractivity contribution in [2.45, 2.75) is 0 Å². The van der Waals surface area contributed by atoms with E-state index in [9.17, 15) is 13.6 Å². The second-order valence-corrected chi connectivity index (χ2v) is 6.04. The number of rotatable bonds is 5. The Labute approximate surface area is 152 Å². The van der Waals surface area contributed by atoms with Gasteiger partial charge in [0.2, 0.25) is 0 Å². The summed E-state index contributed by atoms with van der Waals surface area (Å²) in [6, 6.07) is 8.03. The van der Waals surface area contributed by atoms with Gasteiger partial charge in [0.15, 0.2) is 5.13 Å². The Morgan fingerprint density at radius 1 is 1.12 bits per heavy atom. The lowest BCUT2D eigenvalue weighted by molar-refractivity contribution is 0.102. The van der Waals surface area contributed by atoms with Crippen molar-refractivity contribution >= 4 is 22.4 Å². The van der Waals surface area contributed by atoms with Gasteiger partial charge in [0.05, 0.1) is 25.5 Å². The van der Waals surface area contributed by atoms with Gasteiger partial charge in [0.25, 0.3) is 5.91 Å². The van der Waals surface area contributed by atoms with Crippen molar-refractivity contribution in [3.05, 3.63) is 59.0 Å². The minimum absolute atomic E-state index is 0.262. The molecule has 0 fully saturated rings. The number of hydrogen-bond donors (Lipinski definition) is 1. The van der Waals surface area contributed by atoms with Gasteiger partial charge in [-0.05, 0) is 30.3 Å². The summed E-state index contributed by atoms with van der Waals surface area (Å²) in [5.41, 5.74) is 0.999. The van der Waals surface area contributed by atoms with Crippen LogP contribution >= 0.6 is 11.3 Å². The van der Waals surface area contributed by atoms with Gasteiger partial charge in [0.1, 0.15) is 23.1 Å². The molecule has 0 spiro atoms. The average molecular weight is 376 g/mol. The molecule has 0 aliphatic carbocycles. The molecule has 1 N–H and O–H groups in total. The summed E-state index contributed by atoms with van der Waals surface area (Å²) >= 11 is 1.17. The van der Waals surface area contributed by atoms with Crippen LogP contribution in [0.3, 0.4) is 0 Å². The van der Waals surface area contributed by atoms with E-state index in [-0.39, 0.29) is 10.7 Å². The van der Waals surface area contributed by atoms with Gasteiger partial charge in [-0.2, -0.15) is 0 Å². The molecule has 3 rings (SSSR count). The fourth-order valence-electron chi connectivity index (χ4n) is 2.31. The first-order chi connectivity index (χ1) is 12.5. The molecule has 0 saturated heterocycles. The van der Waals surface area contributed by atoms with E-state index >= 15 is 0 Å². The topological polar surface area (TPSA) is 60.5 Å². The number of aromatic nitrogens is 1. The number of thiazole rings is 1. The van der Waals surface area contributed by atoms with Gasteiger partial charge in [-0.15, -0.1) is 11.3 Å². The first-order valence-electron chi connectivity index (χ1n) is 7.46. The van der Waals surface area contributed by atoms with Gasteiger partial charge < -0.3 is 9.47 Å². The standard InChI is InChI=1S/C18H14F2N2O3S/c1-24-11-4-6-16(25-2)13(8-11)15-9-26-18(21-15)22-17(23)12-5-3-10(19)7-14(12)20/h3-9H,1-2H3,(H,21,22,23). The van der Waals surface area contributed by atoms with E-state index in [1.54, 1.807) is 30.7 Å². The predicted molar refractivity (Wildman–Crippen MR) is 95.0 cm³/mol. The van der Waals surface area contributed by atoms with E-state index in [1.165, 1.54) is 18.4 Å². The van der Waals surface area contributed by atoms with Crippen LogP contribution < -0.4 is 14.8 Å². The fraction of sp³-hybridized carbons (Fsp3) is 0.111. The Morgan fingerprint density at radius 3 is 2.62 bits per heavy atom. The van der Waals surface area contributed by atoms with E-state index < -0.39 is 17.5 Å². The largest absolute Gasteiger partial charge is 0.497 e. The predicted octanol–water partition coefficient (Wildman–Crippen LogP) is 4.36. The van der Waals surface area contributed by atoms with E-state index in [0.717, 1.165) is 12.1 Å². The number of amides is 1. The summed E-state index contributed by atoms with van der Waals surface area (Å²) < 4.78 is 37.2. The molecule has 0 aliphatic heterocycles. The lowest BCUT2D eigenvalue weighted by Crippen LogP contribution is -2.13. The molecule has 0 bridgehead atoms. The Kier molecular flexibility index (Phi) is 5.13. The van der Waals surface area contributed by atoms with Crippen LogP contribution in [0.1, 0.15) is 10.4 Å². The molecule has 0 radical (unpaired) electrons. The summed E-state index contributed by atoms with van der Waals surface area (Å²) in [4.78, 5) is 16.5. The molecule has 5 nitrogen and oxygen atoms in total. The second-order valence-electron chi connectivity index (χ2n) is 5.18. The molecule has 134 valence electrons. The summed E-state index contributed by atoms with van der Waals surface area (Å²) in [5.74, 6) is -1.17. The molecule has 2 aromatic carbocycles. The van der Waals surface area contributed by atoms with E-state index in [0.29, 0.717) is 28.8 Å². The molecule has 26 heavy (non-hydrogen) atoms. The average Bonchev–Trinajstić information content (AvgIpc) is 3.09. The first kappa shape index (κ1) is 17.8. The number of benzene rings is 2. The molecule has 1 aromatic heterocycles. The van der Waals surface area contributed by atoms with Crippen LogP contribution in [0.2, 0.25) is 0 Å².